The first-order chi connectivity index (χ1) is 9.09. The second-order valence-corrected chi connectivity index (χ2v) is 4.71. The van der Waals surface area contributed by atoms with E-state index in [1.54, 1.807) is 0 Å². The third-order valence-electron chi connectivity index (χ3n) is 3.36. The van der Waals surface area contributed by atoms with Crippen LogP contribution in [-0.4, -0.2) is 21.4 Å². The number of rotatable bonds is 6. The number of Topliss-reactive ketones (excluding diaryl/α,β-unsaturated/α-hetero) is 1. The van der Waals surface area contributed by atoms with Gasteiger partial charge in [0.15, 0.2) is 0 Å². The predicted molar refractivity (Wildman–Crippen MR) is 73.0 cm³/mol. The Morgan fingerprint density at radius 2 is 2.00 bits per heavy atom. The summed E-state index contributed by atoms with van der Waals surface area (Å²) in [6.07, 6.45) is 3.06. The van der Waals surface area contributed by atoms with Gasteiger partial charge in [-0.3, -0.25) is 9.59 Å². The van der Waals surface area contributed by atoms with Crippen molar-refractivity contribution in [2.45, 2.75) is 26.3 Å². The van der Waals surface area contributed by atoms with Gasteiger partial charge in [-0.15, -0.1) is 0 Å². The fourth-order valence-corrected chi connectivity index (χ4v) is 2.30. The van der Waals surface area contributed by atoms with Gasteiger partial charge in [-0.1, -0.05) is 18.2 Å². The van der Waals surface area contributed by atoms with Crippen LogP contribution in [0.2, 0.25) is 0 Å². The summed E-state index contributed by atoms with van der Waals surface area (Å²) in [7, 11) is 0. The number of nitrogens with zero attached hydrogens (tertiary/aromatic N) is 1. The van der Waals surface area contributed by atoms with Crippen LogP contribution >= 0.6 is 0 Å². The molecule has 100 valence electrons. The van der Waals surface area contributed by atoms with E-state index in [0.29, 0.717) is 12.8 Å². The van der Waals surface area contributed by atoms with Crippen molar-refractivity contribution in [1.82, 2.24) is 4.57 Å². The number of aliphatic carboxylic acids is 1. The molecule has 0 saturated heterocycles. The molecule has 1 atom stereocenters. The van der Waals surface area contributed by atoms with Gasteiger partial charge in [-0.05, 0) is 37.3 Å². The number of hydrogen-bond acceptors (Lipinski definition) is 2. The number of ketones is 1. The maximum Gasteiger partial charge on any atom is 0.314 e. The number of carboxylic acids is 1. The molecule has 0 amide bonds. The van der Waals surface area contributed by atoms with E-state index in [1.165, 1.54) is 12.3 Å². The van der Waals surface area contributed by atoms with Gasteiger partial charge in [0.05, 0.1) is 0 Å². The van der Waals surface area contributed by atoms with Crippen molar-refractivity contribution in [2.75, 3.05) is 0 Å². The number of aromatic nitrogens is 1. The van der Waals surface area contributed by atoms with Gasteiger partial charge in [0.2, 0.25) is 0 Å². The standard InChI is InChI=1S/C15H17NO3/c1-11(17)13(15(18)19)6-4-9-16-10-8-12-5-2-3-7-14(12)16/h2-3,5,7-8,10,13H,4,6,9H2,1H3,(H,18,19)/t13-/m0/s1. The van der Waals surface area contributed by atoms with E-state index < -0.39 is 11.9 Å². The van der Waals surface area contributed by atoms with E-state index >= 15 is 0 Å². The van der Waals surface area contributed by atoms with Crippen LogP contribution in [0.3, 0.4) is 0 Å². The molecular formula is C15H17NO3. The highest BCUT2D eigenvalue weighted by Crippen LogP contribution is 2.17. The molecule has 4 heteroatoms. The highest BCUT2D eigenvalue weighted by Gasteiger charge is 2.21. The van der Waals surface area contributed by atoms with Crippen molar-refractivity contribution in [3.05, 3.63) is 36.5 Å². The number of hydrogen-bond donors (Lipinski definition) is 1. The van der Waals surface area contributed by atoms with Crippen molar-refractivity contribution < 1.29 is 14.7 Å². The summed E-state index contributed by atoms with van der Waals surface area (Å²) in [5.41, 5.74) is 1.14. The summed E-state index contributed by atoms with van der Waals surface area (Å²) >= 11 is 0. The van der Waals surface area contributed by atoms with Gasteiger partial charge in [-0.25, -0.2) is 0 Å². The smallest absolute Gasteiger partial charge is 0.314 e. The molecule has 0 aliphatic carbocycles. The summed E-state index contributed by atoms with van der Waals surface area (Å²) in [6.45, 7) is 2.06. The number of para-hydroxylation sites is 1. The van der Waals surface area contributed by atoms with Crippen LogP contribution in [0, 0.1) is 5.92 Å². The fraction of sp³-hybridized carbons (Fsp3) is 0.333. The molecule has 1 N–H and O–H groups in total. The zero-order chi connectivity index (χ0) is 13.8. The van der Waals surface area contributed by atoms with Crippen LogP contribution in [0.5, 0.6) is 0 Å². The van der Waals surface area contributed by atoms with Crippen LogP contribution in [0.25, 0.3) is 10.9 Å². The molecule has 0 aliphatic rings. The fourth-order valence-electron chi connectivity index (χ4n) is 2.30. The molecule has 0 fully saturated rings. The van der Waals surface area contributed by atoms with Crippen LogP contribution < -0.4 is 0 Å². The van der Waals surface area contributed by atoms with Crippen LogP contribution in [0.4, 0.5) is 0 Å². The Balaban J connectivity index is 1.99. The molecule has 0 bridgehead atoms. The number of carboxylic acid groups (broad SMARTS) is 1. The molecule has 0 radical (unpaired) electrons. The van der Waals surface area contributed by atoms with Crippen molar-refractivity contribution in [3.8, 4) is 0 Å². The minimum absolute atomic E-state index is 0.273. The molecule has 0 spiro atoms. The Labute approximate surface area is 111 Å². The number of aryl methyl sites for hydroxylation is 1. The molecule has 19 heavy (non-hydrogen) atoms. The predicted octanol–water partition coefficient (Wildman–Crippen LogP) is 2.71. The Kier molecular flexibility index (Phi) is 4.00. The lowest BCUT2D eigenvalue weighted by Gasteiger charge is -2.09. The summed E-state index contributed by atoms with van der Waals surface area (Å²) in [4.78, 5) is 22.1. The van der Waals surface area contributed by atoms with Gasteiger partial charge in [0, 0.05) is 18.3 Å². The van der Waals surface area contributed by atoms with Crippen molar-refractivity contribution in [3.63, 3.8) is 0 Å². The summed E-state index contributed by atoms with van der Waals surface area (Å²) < 4.78 is 2.09. The zero-order valence-corrected chi connectivity index (χ0v) is 10.9. The van der Waals surface area contributed by atoms with Crippen molar-refractivity contribution in [1.29, 1.82) is 0 Å². The Morgan fingerprint density at radius 3 is 2.68 bits per heavy atom. The molecule has 1 heterocycles. The minimum atomic E-state index is -1.02. The molecule has 0 aliphatic heterocycles. The average Bonchev–Trinajstić information content (AvgIpc) is 2.77. The van der Waals surface area contributed by atoms with Gasteiger partial charge in [0.1, 0.15) is 11.7 Å². The Bertz CT molecular complexity index is 586. The monoisotopic (exact) mass is 259 g/mol. The first-order valence-electron chi connectivity index (χ1n) is 6.36. The molecule has 0 saturated carbocycles. The normalized spacial score (nSPS) is 12.5. The minimum Gasteiger partial charge on any atom is -0.481 e. The van der Waals surface area contributed by atoms with Crippen LogP contribution in [0.1, 0.15) is 19.8 Å². The number of carbonyl (C=O) groups is 2. The largest absolute Gasteiger partial charge is 0.481 e. The Morgan fingerprint density at radius 1 is 1.26 bits per heavy atom. The van der Waals surface area contributed by atoms with E-state index in [-0.39, 0.29) is 5.78 Å². The van der Waals surface area contributed by atoms with Crippen LogP contribution in [0.15, 0.2) is 36.5 Å². The maximum absolute atomic E-state index is 11.2. The summed E-state index contributed by atoms with van der Waals surface area (Å²) in [6, 6.07) is 10.1. The van der Waals surface area contributed by atoms with E-state index in [2.05, 4.69) is 4.57 Å². The van der Waals surface area contributed by atoms with Crippen LogP contribution in [-0.2, 0) is 16.1 Å². The number of fused-ring (bicyclic) bond motifs is 1. The maximum atomic E-state index is 11.2. The third-order valence-corrected chi connectivity index (χ3v) is 3.36. The van der Waals surface area contributed by atoms with E-state index in [0.717, 1.165) is 12.1 Å². The quantitative estimate of drug-likeness (QED) is 0.811. The summed E-state index contributed by atoms with van der Waals surface area (Å²) in [5, 5.41) is 10.1. The third kappa shape index (κ3) is 3.02. The number of benzene rings is 1. The van der Waals surface area contributed by atoms with E-state index in [1.807, 2.05) is 36.5 Å². The number of carbonyl (C=O) groups excluding carboxylic acids is 1. The highest BCUT2D eigenvalue weighted by atomic mass is 16.4. The first kappa shape index (κ1) is 13.3. The molecule has 2 rings (SSSR count). The first-order valence-corrected chi connectivity index (χ1v) is 6.36. The van der Waals surface area contributed by atoms with E-state index in [9.17, 15) is 9.59 Å². The lowest BCUT2D eigenvalue weighted by Crippen LogP contribution is -2.21. The molecule has 0 unspecified atom stereocenters. The molecular weight excluding hydrogens is 242 g/mol. The molecule has 1 aromatic heterocycles. The summed E-state index contributed by atoms with van der Waals surface area (Å²) in [5.74, 6) is -2.17. The SMILES string of the molecule is CC(=O)[C@H](CCCn1ccc2ccccc21)C(=O)O. The van der Waals surface area contributed by atoms with Crippen molar-refractivity contribution in [2.24, 2.45) is 5.92 Å². The zero-order valence-electron chi connectivity index (χ0n) is 10.9. The molecule has 1 aromatic carbocycles. The topological polar surface area (TPSA) is 59.3 Å². The second kappa shape index (κ2) is 5.69. The van der Waals surface area contributed by atoms with Gasteiger partial charge in [0.25, 0.3) is 0 Å². The second-order valence-electron chi connectivity index (χ2n) is 4.71. The van der Waals surface area contributed by atoms with Gasteiger partial charge >= 0.3 is 5.97 Å². The van der Waals surface area contributed by atoms with Gasteiger partial charge in [-0.2, -0.15) is 0 Å². The average molecular weight is 259 g/mol. The Hall–Kier alpha value is -2.10. The lowest BCUT2D eigenvalue weighted by atomic mass is 9.99. The molecule has 2 aromatic rings. The molecule has 4 nitrogen and oxygen atoms in total. The van der Waals surface area contributed by atoms with Crippen molar-refractivity contribution >= 4 is 22.7 Å². The highest BCUT2D eigenvalue weighted by molar-refractivity contribution is 5.96. The van der Waals surface area contributed by atoms with E-state index in [4.69, 9.17) is 5.11 Å². The lowest BCUT2D eigenvalue weighted by molar-refractivity contribution is -0.146. The van der Waals surface area contributed by atoms with Gasteiger partial charge < -0.3 is 9.67 Å².